The van der Waals surface area contributed by atoms with Crippen LogP contribution in [-0.2, 0) is 4.74 Å². The standard InChI is InChI=1S/C10H17N5O/c1-14(2)10-7-9(11-8-12-10)13-15-3-5-16-6-4-15/h7-8H,3-6H2,1-2H3,(H,11,12,13). The van der Waals surface area contributed by atoms with Gasteiger partial charge in [-0.3, -0.25) is 0 Å². The first-order chi connectivity index (χ1) is 7.75. The molecule has 0 bridgehead atoms. The minimum absolute atomic E-state index is 0.763. The molecule has 0 saturated carbocycles. The Labute approximate surface area is 95.2 Å². The maximum atomic E-state index is 5.28. The first-order valence-corrected chi connectivity index (χ1v) is 5.34. The Kier molecular flexibility index (Phi) is 3.53. The Bertz CT molecular complexity index is 338. The minimum atomic E-state index is 0.763. The molecule has 2 heterocycles. The van der Waals surface area contributed by atoms with Gasteiger partial charge in [0.05, 0.1) is 13.2 Å². The van der Waals surface area contributed by atoms with Crippen LogP contribution in [0.5, 0.6) is 0 Å². The Morgan fingerprint density at radius 1 is 1.31 bits per heavy atom. The van der Waals surface area contributed by atoms with Crippen LogP contribution in [0.15, 0.2) is 12.4 Å². The highest BCUT2D eigenvalue weighted by Crippen LogP contribution is 2.12. The van der Waals surface area contributed by atoms with E-state index in [0.29, 0.717) is 0 Å². The van der Waals surface area contributed by atoms with Crippen LogP contribution in [-0.4, -0.2) is 55.4 Å². The summed E-state index contributed by atoms with van der Waals surface area (Å²) in [6, 6.07) is 1.93. The molecule has 1 aromatic heterocycles. The monoisotopic (exact) mass is 223 g/mol. The van der Waals surface area contributed by atoms with Gasteiger partial charge in [-0.2, -0.15) is 0 Å². The summed E-state index contributed by atoms with van der Waals surface area (Å²) in [7, 11) is 3.92. The molecule has 0 radical (unpaired) electrons. The van der Waals surface area contributed by atoms with Gasteiger partial charge in [-0.05, 0) is 0 Å². The van der Waals surface area contributed by atoms with Gasteiger partial charge >= 0.3 is 0 Å². The van der Waals surface area contributed by atoms with Crippen LogP contribution in [0.1, 0.15) is 0 Å². The summed E-state index contributed by atoms with van der Waals surface area (Å²) in [5.41, 5.74) is 3.25. The van der Waals surface area contributed by atoms with E-state index in [1.165, 1.54) is 0 Å². The first kappa shape index (κ1) is 11.1. The number of hydrogen-bond donors (Lipinski definition) is 1. The van der Waals surface area contributed by atoms with Crippen molar-refractivity contribution >= 4 is 11.6 Å². The highest BCUT2D eigenvalue weighted by Gasteiger charge is 2.10. The van der Waals surface area contributed by atoms with E-state index in [-0.39, 0.29) is 0 Å². The second-order valence-corrected chi connectivity index (χ2v) is 3.87. The van der Waals surface area contributed by atoms with Gasteiger partial charge in [-0.25, -0.2) is 15.0 Å². The van der Waals surface area contributed by atoms with Gasteiger partial charge in [-0.15, -0.1) is 0 Å². The average molecular weight is 223 g/mol. The van der Waals surface area contributed by atoms with E-state index in [0.717, 1.165) is 37.9 Å². The molecule has 0 aromatic carbocycles. The predicted molar refractivity (Wildman–Crippen MR) is 62.4 cm³/mol. The molecule has 0 amide bonds. The van der Waals surface area contributed by atoms with Crippen molar-refractivity contribution in [2.75, 3.05) is 50.7 Å². The number of hydrazine groups is 1. The summed E-state index contributed by atoms with van der Waals surface area (Å²) >= 11 is 0. The molecule has 0 aliphatic carbocycles. The third-order valence-electron chi connectivity index (χ3n) is 2.39. The molecule has 1 N–H and O–H groups in total. The largest absolute Gasteiger partial charge is 0.379 e. The molecule has 1 aromatic rings. The molecule has 0 unspecified atom stereocenters. The zero-order valence-electron chi connectivity index (χ0n) is 9.68. The number of aromatic nitrogens is 2. The summed E-state index contributed by atoms with van der Waals surface area (Å²) < 4.78 is 5.28. The van der Waals surface area contributed by atoms with E-state index < -0.39 is 0 Å². The van der Waals surface area contributed by atoms with E-state index in [4.69, 9.17) is 4.74 Å². The van der Waals surface area contributed by atoms with E-state index in [2.05, 4.69) is 20.4 Å². The van der Waals surface area contributed by atoms with Gasteiger partial charge < -0.3 is 15.1 Å². The second kappa shape index (κ2) is 5.09. The lowest BCUT2D eigenvalue weighted by Gasteiger charge is -2.27. The zero-order chi connectivity index (χ0) is 11.4. The molecule has 1 aliphatic rings. The van der Waals surface area contributed by atoms with Crippen molar-refractivity contribution in [3.8, 4) is 0 Å². The fraction of sp³-hybridized carbons (Fsp3) is 0.600. The van der Waals surface area contributed by atoms with Crippen LogP contribution in [0.25, 0.3) is 0 Å². The van der Waals surface area contributed by atoms with Crippen LogP contribution in [0, 0.1) is 0 Å². The van der Waals surface area contributed by atoms with Crippen LogP contribution in [0.4, 0.5) is 11.6 Å². The summed E-state index contributed by atoms with van der Waals surface area (Å²) in [5, 5.41) is 2.10. The third kappa shape index (κ3) is 2.80. The number of nitrogens with one attached hydrogen (secondary N) is 1. The van der Waals surface area contributed by atoms with E-state index in [1.807, 2.05) is 25.1 Å². The first-order valence-electron chi connectivity index (χ1n) is 5.34. The fourth-order valence-electron chi connectivity index (χ4n) is 1.49. The topological polar surface area (TPSA) is 53.5 Å². The van der Waals surface area contributed by atoms with Gasteiger partial charge in [0.15, 0.2) is 0 Å². The van der Waals surface area contributed by atoms with Crippen molar-refractivity contribution in [3.63, 3.8) is 0 Å². The molecule has 0 spiro atoms. The molecular weight excluding hydrogens is 206 g/mol. The van der Waals surface area contributed by atoms with Crippen LogP contribution in [0.3, 0.4) is 0 Å². The average Bonchev–Trinajstić information content (AvgIpc) is 2.30. The Balaban J connectivity index is 2.00. The molecule has 1 saturated heterocycles. The number of hydrogen-bond acceptors (Lipinski definition) is 6. The molecule has 6 nitrogen and oxygen atoms in total. The lowest BCUT2D eigenvalue weighted by atomic mass is 10.5. The smallest absolute Gasteiger partial charge is 0.145 e. The van der Waals surface area contributed by atoms with Crippen molar-refractivity contribution in [2.24, 2.45) is 0 Å². The molecule has 0 atom stereocenters. The van der Waals surface area contributed by atoms with Crippen molar-refractivity contribution in [1.29, 1.82) is 0 Å². The van der Waals surface area contributed by atoms with Gasteiger partial charge in [-0.1, -0.05) is 0 Å². The number of nitrogens with zero attached hydrogens (tertiary/aromatic N) is 4. The van der Waals surface area contributed by atoms with Crippen molar-refractivity contribution in [3.05, 3.63) is 12.4 Å². The minimum Gasteiger partial charge on any atom is -0.379 e. The molecule has 6 heteroatoms. The Morgan fingerprint density at radius 3 is 2.75 bits per heavy atom. The van der Waals surface area contributed by atoms with Gasteiger partial charge in [0.1, 0.15) is 18.0 Å². The maximum absolute atomic E-state index is 5.28. The van der Waals surface area contributed by atoms with Crippen LogP contribution in [0.2, 0.25) is 0 Å². The third-order valence-corrected chi connectivity index (χ3v) is 2.39. The summed E-state index contributed by atoms with van der Waals surface area (Å²) in [6.07, 6.45) is 1.57. The molecule has 2 rings (SSSR count). The zero-order valence-corrected chi connectivity index (χ0v) is 9.68. The molecule has 88 valence electrons. The molecule has 1 fully saturated rings. The van der Waals surface area contributed by atoms with Crippen molar-refractivity contribution < 1.29 is 4.74 Å². The van der Waals surface area contributed by atoms with Crippen LogP contribution < -0.4 is 10.3 Å². The van der Waals surface area contributed by atoms with Gasteiger partial charge in [0.2, 0.25) is 0 Å². The Morgan fingerprint density at radius 2 is 2.06 bits per heavy atom. The van der Waals surface area contributed by atoms with E-state index in [9.17, 15) is 0 Å². The van der Waals surface area contributed by atoms with Crippen molar-refractivity contribution in [1.82, 2.24) is 15.0 Å². The SMILES string of the molecule is CN(C)c1cc(NN2CCOCC2)ncn1. The van der Waals surface area contributed by atoms with E-state index in [1.54, 1.807) is 6.33 Å². The fourth-order valence-corrected chi connectivity index (χ4v) is 1.49. The number of anilines is 2. The number of ether oxygens (including phenoxy) is 1. The summed E-state index contributed by atoms with van der Waals surface area (Å²) in [5.74, 6) is 1.71. The summed E-state index contributed by atoms with van der Waals surface area (Å²) in [6.45, 7) is 3.28. The molecule has 1 aliphatic heterocycles. The quantitative estimate of drug-likeness (QED) is 0.790. The lowest BCUT2D eigenvalue weighted by Crippen LogP contribution is -2.40. The number of rotatable bonds is 3. The lowest BCUT2D eigenvalue weighted by molar-refractivity contribution is 0.0495. The van der Waals surface area contributed by atoms with E-state index >= 15 is 0 Å². The van der Waals surface area contributed by atoms with Gasteiger partial charge in [0.25, 0.3) is 0 Å². The van der Waals surface area contributed by atoms with Crippen LogP contribution >= 0.6 is 0 Å². The number of morpholine rings is 1. The Hall–Kier alpha value is -1.40. The predicted octanol–water partition coefficient (Wildman–Crippen LogP) is 0.202. The second-order valence-electron chi connectivity index (χ2n) is 3.87. The maximum Gasteiger partial charge on any atom is 0.145 e. The highest BCUT2D eigenvalue weighted by atomic mass is 16.5. The molecular formula is C10H17N5O. The molecule has 16 heavy (non-hydrogen) atoms. The summed E-state index contributed by atoms with van der Waals surface area (Å²) in [4.78, 5) is 10.3. The highest BCUT2D eigenvalue weighted by molar-refractivity contribution is 5.46. The van der Waals surface area contributed by atoms with Crippen molar-refractivity contribution in [2.45, 2.75) is 0 Å². The van der Waals surface area contributed by atoms with Gasteiger partial charge in [0, 0.05) is 33.3 Å². The normalized spacial score (nSPS) is 17.1.